The quantitative estimate of drug-likeness (QED) is 0.864. The molecule has 8 heteroatoms. The number of nitrogens with one attached hydrogen (secondary N) is 1. The number of carbonyl (C=O) groups excluding carboxylic acids is 1. The number of pyridine rings is 1. The lowest BCUT2D eigenvalue weighted by Crippen LogP contribution is -2.32. The van der Waals surface area contributed by atoms with E-state index in [1.54, 1.807) is 18.5 Å². The smallest absolute Gasteiger partial charge is 0.264 e. The molecule has 1 saturated carbocycles. The lowest BCUT2D eigenvalue weighted by molar-refractivity contribution is -0.120. The van der Waals surface area contributed by atoms with Crippen molar-refractivity contribution in [3.8, 4) is 5.75 Å². The van der Waals surface area contributed by atoms with Crippen LogP contribution in [0.15, 0.2) is 41.6 Å². The van der Waals surface area contributed by atoms with Crippen molar-refractivity contribution >= 4 is 27.5 Å². The number of benzene rings is 1. The van der Waals surface area contributed by atoms with Crippen LogP contribution in [-0.2, 0) is 21.2 Å². The Balaban J connectivity index is 1.51. The molecule has 1 aromatic carbocycles. The van der Waals surface area contributed by atoms with Crippen LogP contribution in [-0.4, -0.2) is 25.4 Å². The van der Waals surface area contributed by atoms with Gasteiger partial charge >= 0.3 is 0 Å². The Morgan fingerprint density at radius 3 is 2.92 bits per heavy atom. The third kappa shape index (κ3) is 3.17. The fourth-order valence-corrected chi connectivity index (χ4v) is 4.78. The van der Waals surface area contributed by atoms with E-state index in [0.29, 0.717) is 18.6 Å². The number of ether oxygens (including phenoxy) is 1. The minimum absolute atomic E-state index is 0.0109. The Hall–Kier alpha value is -2.12. The zero-order valence-electron chi connectivity index (χ0n) is 14.0. The number of hydrogen-bond donors (Lipinski definition) is 1. The number of amides is 1. The van der Waals surface area contributed by atoms with Gasteiger partial charge in [-0.05, 0) is 43.0 Å². The number of fused-ring (bicyclic) bond motifs is 1. The van der Waals surface area contributed by atoms with E-state index < -0.39 is 15.9 Å². The summed E-state index contributed by atoms with van der Waals surface area (Å²) < 4.78 is 33.0. The van der Waals surface area contributed by atoms with E-state index in [4.69, 9.17) is 16.3 Å². The normalized spacial score (nSPS) is 23.8. The Morgan fingerprint density at radius 1 is 1.38 bits per heavy atom. The third-order valence-electron chi connectivity index (χ3n) is 4.71. The van der Waals surface area contributed by atoms with Gasteiger partial charge in [-0.1, -0.05) is 17.7 Å². The maximum Gasteiger partial charge on any atom is 0.264 e. The first-order valence-corrected chi connectivity index (χ1v) is 10.2. The van der Waals surface area contributed by atoms with E-state index in [1.807, 2.05) is 13.0 Å². The Morgan fingerprint density at radius 2 is 2.19 bits per heavy atom. The maximum atomic E-state index is 12.6. The SMILES string of the molecule is C[C@@H]1Cc2cc(S(=O)(=O)NC(=O)[C@H]3C[C@@H]3c3cccnc3)cc(Cl)c2O1. The second kappa shape index (κ2) is 6.25. The predicted molar refractivity (Wildman–Crippen MR) is 95.7 cm³/mol. The molecule has 1 aliphatic heterocycles. The highest BCUT2D eigenvalue weighted by Gasteiger charge is 2.45. The van der Waals surface area contributed by atoms with Crippen LogP contribution in [0, 0.1) is 5.92 Å². The average molecular weight is 393 g/mol. The van der Waals surface area contributed by atoms with Crippen molar-refractivity contribution in [2.24, 2.45) is 5.92 Å². The lowest BCUT2D eigenvalue weighted by Gasteiger charge is -2.10. The summed E-state index contributed by atoms with van der Waals surface area (Å²) in [7, 11) is -3.99. The van der Waals surface area contributed by atoms with E-state index in [0.717, 1.165) is 11.1 Å². The number of hydrogen-bond acceptors (Lipinski definition) is 5. The van der Waals surface area contributed by atoms with Crippen LogP contribution < -0.4 is 9.46 Å². The van der Waals surface area contributed by atoms with Crippen LogP contribution in [0.4, 0.5) is 0 Å². The minimum Gasteiger partial charge on any atom is -0.489 e. The van der Waals surface area contributed by atoms with Crippen molar-refractivity contribution in [2.75, 3.05) is 0 Å². The molecule has 2 aliphatic rings. The molecule has 0 radical (unpaired) electrons. The van der Waals surface area contributed by atoms with Gasteiger partial charge in [-0.25, -0.2) is 13.1 Å². The van der Waals surface area contributed by atoms with Crippen molar-refractivity contribution in [3.63, 3.8) is 0 Å². The van der Waals surface area contributed by atoms with E-state index in [2.05, 4.69) is 9.71 Å². The van der Waals surface area contributed by atoms with Crippen LogP contribution >= 0.6 is 11.6 Å². The van der Waals surface area contributed by atoms with Crippen molar-refractivity contribution in [1.82, 2.24) is 9.71 Å². The number of halogens is 1. The molecule has 2 aromatic rings. The maximum absolute atomic E-state index is 12.6. The summed E-state index contributed by atoms with van der Waals surface area (Å²) in [5.41, 5.74) is 1.68. The highest BCUT2D eigenvalue weighted by atomic mass is 35.5. The molecule has 26 heavy (non-hydrogen) atoms. The highest BCUT2D eigenvalue weighted by Crippen LogP contribution is 2.47. The first-order valence-electron chi connectivity index (χ1n) is 8.31. The zero-order valence-corrected chi connectivity index (χ0v) is 15.5. The van der Waals surface area contributed by atoms with Crippen LogP contribution in [0.1, 0.15) is 30.4 Å². The molecular formula is C18H17ClN2O4S. The van der Waals surface area contributed by atoms with Crippen LogP contribution in [0.5, 0.6) is 5.75 Å². The van der Waals surface area contributed by atoms with Crippen molar-refractivity contribution in [3.05, 3.63) is 52.8 Å². The highest BCUT2D eigenvalue weighted by molar-refractivity contribution is 7.90. The van der Waals surface area contributed by atoms with E-state index in [-0.39, 0.29) is 27.9 Å². The largest absolute Gasteiger partial charge is 0.489 e. The molecule has 1 aromatic heterocycles. The van der Waals surface area contributed by atoms with Crippen molar-refractivity contribution in [2.45, 2.75) is 36.7 Å². The summed E-state index contributed by atoms with van der Waals surface area (Å²) in [4.78, 5) is 16.4. The topological polar surface area (TPSA) is 85.4 Å². The number of sulfonamides is 1. The molecule has 6 nitrogen and oxygen atoms in total. The van der Waals surface area contributed by atoms with Gasteiger partial charge in [0.2, 0.25) is 5.91 Å². The molecule has 1 aliphatic carbocycles. The van der Waals surface area contributed by atoms with E-state index in [1.165, 1.54) is 12.1 Å². The molecule has 1 N–H and O–H groups in total. The Bertz CT molecular complexity index is 978. The van der Waals surface area contributed by atoms with Gasteiger partial charge < -0.3 is 4.74 Å². The second-order valence-corrected chi connectivity index (χ2v) is 8.82. The van der Waals surface area contributed by atoms with Crippen LogP contribution in [0.2, 0.25) is 5.02 Å². The van der Waals surface area contributed by atoms with E-state index in [9.17, 15) is 13.2 Å². The van der Waals surface area contributed by atoms with Gasteiger partial charge in [0.25, 0.3) is 10.0 Å². The Kier molecular flexibility index (Phi) is 4.16. The molecule has 1 fully saturated rings. The van der Waals surface area contributed by atoms with Crippen LogP contribution in [0.3, 0.4) is 0 Å². The fraction of sp³-hybridized carbons (Fsp3) is 0.333. The predicted octanol–water partition coefficient (Wildman–Crippen LogP) is 2.67. The Labute approximate surface area is 156 Å². The lowest BCUT2D eigenvalue weighted by atomic mass is 10.1. The molecule has 1 amide bonds. The van der Waals surface area contributed by atoms with Crippen molar-refractivity contribution < 1.29 is 17.9 Å². The summed E-state index contributed by atoms with van der Waals surface area (Å²) >= 11 is 6.15. The summed E-state index contributed by atoms with van der Waals surface area (Å²) in [6.45, 7) is 1.89. The molecule has 2 heterocycles. The number of nitrogens with zero attached hydrogens (tertiary/aromatic N) is 1. The average Bonchev–Trinajstić information content (AvgIpc) is 3.31. The number of carbonyl (C=O) groups is 1. The van der Waals surface area contributed by atoms with Gasteiger partial charge in [-0.3, -0.25) is 9.78 Å². The molecule has 0 saturated heterocycles. The minimum atomic E-state index is -3.99. The first kappa shape index (κ1) is 17.3. The van der Waals surface area contributed by atoms with Gasteiger partial charge in [0, 0.05) is 30.3 Å². The molecular weight excluding hydrogens is 376 g/mol. The fourth-order valence-electron chi connectivity index (χ4n) is 3.33. The summed E-state index contributed by atoms with van der Waals surface area (Å²) in [5, 5.41) is 0.235. The summed E-state index contributed by atoms with van der Waals surface area (Å²) in [6.07, 6.45) is 4.50. The van der Waals surface area contributed by atoms with Gasteiger partial charge in [0.1, 0.15) is 11.9 Å². The molecule has 0 unspecified atom stereocenters. The number of rotatable bonds is 4. The molecule has 136 valence electrons. The van der Waals surface area contributed by atoms with Gasteiger partial charge in [-0.2, -0.15) is 0 Å². The van der Waals surface area contributed by atoms with Crippen LogP contribution in [0.25, 0.3) is 0 Å². The van der Waals surface area contributed by atoms with Gasteiger partial charge in [0.05, 0.1) is 9.92 Å². The third-order valence-corrected chi connectivity index (χ3v) is 6.31. The zero-order chi connectivity index (χ0) is 18.5. The van der Waals surface area contributed by atoms with Gasteiger partial charge in [-0.15, -0.1) is 0 Å². The number of aromatic nitrogens is 1. The second-order valence-electron chi connectivity index (χ2n) is 6.73. The molecule has 4 rings (SSSR count). The van der Waals surface area contributed by atoms with E-state index >= 15 is 0 Å². The summed E-state index contributed by atoms with van der Waals surface area (Å²) in [6, 6.07) is 6.53. The molecule has 3 atom stereocenters. The molecule has 0 bridgehead atoms. The molecule has 0 spiro atoms. The standard InChI is InChI=1S/C18H17ClN2O4S/c1-10-5-12-6-13(7-16(19)17(12)25-10)26(23,24)21-18(22)15-8-14(15)11-3-2-4-20-9-11/h2-4,6-7,9-10,14-15H,5,8H2,1H3,(H,21,22)/t10-,14-,15+/m1/s1. The summed E-state index contributed by atoms with van der Waals surface area (Å²) in [5.74, 6) is -0.331. The van der Waals surface area contributed by atoms with Crippen molar-refractivity contribution in [1.29, 1.82) is 0 Å². The first-order chi connectivity index (χ1) is 12.3. The monoisotopic (exact) mass is 392 g/mol. The van der Waals surface area contributed by atoms with Gasteiger partial charge in [0.15, 0.2) is 0 Å².